The van der Waals surface area contributed by atoms with Gasteiger partial charge < -0.3 is 10.4 Å². The minimum absolute atomic E-state index is 0.00722. The molecule has 1 aliphatic rings. The van der Waals surface area contributed by atoms with E-state index in [9.17, 15) is 15.2 Å². The molecule has 1 saturated carbocycles. The zero-order chi connectivity index (χ0) is 12.3. The second-order valence-corrected chi connectivity index (χ2v) is 4.26. The SMILES string of the molecule is O=[N+]([O-])c1ccnc(NC2CCCCC2O)c1. The fourth-order valence-corrected chi connectivity index (χ4v) is 2.08. The Balaban J connectivity index is 2.07. The highest BCUT2D eigenvalue weighted by Gasteiger charge is 2.23. The summed E-state index contributed by atoms with van der Waals surface area (Å²) in [6, 6.07) is 2.68. The molecule has 0 bridgehead atoms. The summed E-state index contributed by atoms with van der Waals surface area (Å²) in [4.78, 5) is 14.2. The molecule has 1 aromatic heterocycles. The van der Waals surface area contributed by atoms with Crippen molar-refractivity contribution in [2.45, 2.75) is 37.8 Å². The van der Waals surface area contributed by atoms with E-state index in [4.69, 9.17) is 0 Å². The van der Waals surface area contributed by atoms with Gasteiger partial charge in [0.05, 0.1) is 23.1 Å². The summed E-state index contributed by atoms with van der Waals surface area (Å²) in [5.74, 6) is 0.449. The van der Waals surface area contributed by atoms with Gasteiger partial charge >= 0.3 is 0 Å². The largest absolute Gasteiger partial charge is 0.391 e. The standard InChI is InChI=1S/C11H15N3O3/c15-10-4-2-1-3-9(10)13-11-7-8(14(16)17)5-6-12-11/h5-7,9-10,15H,1-4H2,(H,12,13). The minimum Gasteiger partial charge on any atom is -0.391 e. The fourth-order valence-electron chi connectivity index (χ4n) is 2.08. The van der Waals surface area contributed by atoms with Gasteiger partial charge in [-0.15, -0.1) is 0 Å². The number of aromatic nitrogens is 1. The molecule has 17 heavy (non-hydrogen) atoms. The maximum Gasteiger partial charge on any atom is 0.274 e. The molecule has 0 amide bonds. The van der Waals surface area contributed by atoms with Crippen molar-refractivity contribution in [2.75, 3.05) is 5.32 Å². The average Bonchev–Trinajstić information content (AvgIpc) is 2.32. The smallest absolute Gasteiger partial charge is 0.274 e. The lowest BCUT2D eigenvalue weighted by Gasteiger charge is -2.28. The van der Waals surface area contributed by atoms with Crippen molar-refractivity contribution in [3.05, 3.63) is 28.4 Å². The van der Waals surface area contributed by atoms with Crippen molar-refractivity contribution in [2.24, 2.45) is 0 Å². The van der Waals surface area contributed by atoms with Gasteiger partial charge in [0, 0.05) is 12.3 Å². The lowest BCUT2D eigenvalue weighted by Crippen LogP contribution is -2.36. The molecule has 1 aromatic rings. The molecule has 0 radical (unpaired) electrons. The van der Waals surface area contributed by atoms with Gasteiger partial charge in [-0.1, -0.05) is 12.8 Å². The fraction of sp³-hybridized carbons (Fsp3) is 0.545. The lowest BCUT2D eigenvalue weighted by atomic mass is 9.92. The van der Waals surface area contributed by atoms with Crippen LogP contribution < -0.4 is 5.32 Å². The van der Waals surface area contributed by atoms with Crippen molar-refractivity contribution >= 4 is 11.5 Å². The van der Waals surface area contributed by atoms with Crippen LogP contribution in [0.5, 0.6) is 0 Å². The van der Waals surface area contributed by atoms with Crippen molar-refractivity contribution in [3.8, 4) is 0 Å². The Kier molecular flexibility index (Phi) is 3.53. The van der Waals surface area contributed by atoms with Crippen LogP contribution in [0, 0.1) is 10.1 Å². The van der Waals surface area contributed by atoms with Crippen LogP contribution in [-0.2, 0) is 0 Å². The Morgan fingerprint density at radius 2 is 2.24 bits per heavy atom. The summed E-state index contributed by atoms with van der Waals surface area (Å²) >= 11 is 0. The second kappa shape index (κ2) is 5.09. The first-order valence-electron chi connectivity index (χ1n) is 5.72. The van der Waals surface area contributed by atoms with Gasteiger partial charge in [0.15, 0.2) is 0 Å². The summed E-state index contributed by atoms with van der Waals surface area (Å²) in [5.41, 5.74) is 0.00722. The maximum absolute atomic E-state index is 10.6. The zero-order valence-electron chi connectivity index (χ0n) is 9.37. The third-order valence-electron chi connectivity index (χ3n) is 3.02. The van der Waals surface area contributed by atoms with Gasteiger partial charge in [-0.2, -0.15) is 0 Å². The predicted molar refractivity (Wildman–Crippen MR) is 62.8 cm³/mol. The monoisotopic (exact) mass is 237 g/mol. The third kappa shape index (κ3) is 2.91. The van der Waals surface area contributed by atoms with Gasteiger partial charge in [0.1, 0.15) is 5.82 Å². The van der Waals surface area contributed by atoms with Crippen LogP contribution in [0.2, 0.25) is 0 Å². The normalized spacial score (nSPS) is 24.3. The van der Waals surface area contributed by atoms with E-state index in [1.54, 1.807) is 0 Å². The zero-order valence-corrected chi connectivity index (χ0v) is 9.37. The molecule has 0 aromatic carbocycles. The molecule has 2 N–H and O–H groups in total. The molecule has 0 saturated heterocycles. The average molecular weight is 237 g/mol. The number of rotatable bonds is 3. The summed E-state index contributed by atoms with van der Waals surface area (Å²) < 4.78 is 0. The molecule has 6 heteroatoms. The molecular weight excluding hydrogens is 222 g/mol. The molecule has 92 valence electrons. The van der Waals surface area contributed by atoms with Crippen molar-refractivity contribution in [1.82, 2.24) is 4.98 Å². The van der Waals surface area contributed by atoms with Crippen LogP contribution in [0.25, 0.3) is 0 Å². The first-order valence-corrected chi connectivity index (χ1v) is 5.72. The van der Waals surface area contributed by atoms with E-state index in [-0.39, 0.29) is 11.7 Å². The van der Waals surface area contributed by atoms with Crippen LogP contribution in [0.4, 0.5) is 11.5 Å². The Morgan fingerprint density at radius 3 is 2.94 bits per heavy atom. The van der Waals surface area contributed by atoms with E-state index in [2.05, 4.69) is 10.3 Å². The summed E-state index contributed by atoms with van der Waals surface area (Å²) in [6.45, 7) is 0. The van der Waals surface area contributed by atoms with Gasteiger partial charge in [-0.25, -0.2) is 4.98 Å². The molecular formula is C11H15N3O3. The number of anilines is 1. The van der Waals surface area contributed by atoms with Crippen LogP contribution in [0.15, 0.2) is 18.3 Å². The highest BCUT2D eigenvalue weighted by molar-refractivity contribution is 5.45. The first kappa shape index (κ1) is 11.8. The number of aliphatic hydroxyl groups is 1. The van der Waals surface area contributed by atoms with E-state index in [0.29, 0.717) is 5.82 Å². The summed E-state index contributed by atoms with van der Waals surface area (Å²) in [5, 5.41) is 23.5. The maximum atomic E-state index is 10.6. The van der Waals surface area contributed by atoms with Crippen molar-refractivity contribution < 1.29 is 10.0 Å². The number of nitrogens with one attached hydrogen (secondary N) is 1. The molecule has 0 aliphatic heterocycles. The van der Waals surface area contributed by atoms with E-state index >= 15 is 0 Å². The van der Waals surface area contributed by atoms with Crippen LogP contribution in [0.1, 0.15) is 25.7 Å². The number of hydrogen-bond acceptors (Lipinski definition) is 5. The van der Waals surface area contributed by atoms with E-state index in [1.807, 2.05) is 0 Å². The van der Waals surface area contributed by atoms with E-state index in [0.717, 1.165) is 25.7 Å². The van der Waals surface area contributed by atoms with Gasteiger partial charge in [-0.05, 0) is 12.8 Å². The van der Waals surface area contributed by atoms with Crippen LogP contribution in [-0.4, -0.2) is 27.2 Å². The Hall–Kier alpha value is -1.69. The topological polar surface area (TPSA) is 88.3 Å². The van der Waals surface area contributed by atoms with E-state index in [1.165, 1.54) is 18.3 Å². The molecule has 2 atom stereocenters. The number of nitro groups is 1. The van der Waals surface area contributed by atoms with Crippen molar-refractivity contribution in [1.29, 1.82) is 0 Å². The molecule has 0 spiro atoms. The van der Waals surface area contributed by atoms with Gasteiger partial charge in [0.2, 0.25) is 0 Å². The molecule has 1 aliphatic carbocycles. The van der Waals surface area contributed by atoms with E-state index < -0.39 is 11.0 Å². The number of aliphatic hydroxyl groups excluding tert-OH is 1. The van der Waals surface area contributed by atoms with Crippen LogP contribution in [0.3, 0.4) is 0 Å². The number of pyridine rings is 1. The molecule has 6 nitrogen and oxygen atoms in total. The Labute approximate surface area is 98.8 Å². The second-order valence-electron chi connectivity index (χ2n) is 4.26. The summed E-state index contributed by atoms with van der Waals surface area (Å²) in [7, 11) is 0. The number of nitrogens with zero attached hydrogens (tertiary/aromatic N) is 2. The molecule has 2 rings (SSSR count). The van der Waals surface area contributed by atoms with Crippen LogP contribution >= 0.6 is 0 Å². The highest BCUT2D eigenvalue weighted by Crippen LogP contribution is 2.22. The van der Waals surface area contributed by atoms with Gasteiger partial charge in [-0.3, -0.25) is 10.1 Å². The highest BCUT2D eigenvalue weighted by atomic mass is 16.6. The minimum atomic E-state index is -0.454. The Morgan fingerprint density at radius 1 is 1.47 bits per heavy atom. The first-order chi connectivity index (χ1) is 8.16. The van der Waals surface area contributed by atoms with Crippen molar-refractivity contribution in [3.63, 3.8) is 0 Å². The molecule has 2 unspecified atom stereocenters. The summed E-state index contributed by atoms with van der Waals surface area (Å²) in [6.07, 6.45) is 4.73. The Bertz CT molecular complexity index is 411. The predicted octanol–water partition coefficient (Wildman–Crippen LogP) is 1.71. The third-order valence-corrected chi connectivity index (χ3v) is 3.02. The van der Waals surface area contributed by atoms with Gasteiger partial charge in [0.25, 0.3) is 5.69 Å². The lowest BCUT2D eigenvalue weighted by molar-refractivity contribution is -0.384. The quantitative estimate of drug-likeness (QED) is 0.617. The molecule has 1 heterocycles. The number of hydrogen-bond donors (Lipinski definition) is 2. The molecule has 1 fully saturated rings.